The van der Waals surface area contributed by atoms with Crippen LogP contribution in [0.15, 0.2) is 38.0 Å². The smallest absolute Gasteiger partial charge is 0.410 e. The Morgan fingerprint density at radius 3 is 1.71 bits per heavy atom. The summed E-state index contributed by atoms with van der Waals surface area (Å²) in [6.07, 6.45) is 6.10. The normalized spacial score (nSPS) is 17.5. The molecule has 396 valence electrons. The molecule has 2 saturated heterocycles. The molecule has 0 bridgehead atoms. The fourth-order valence-electron chi connectivity index (χ4n) is 7.41. The number of aliphatic hydroxyl groups is 2. The average molecular weight is 993 g/mol. The van der Waals surface area contributed by atoms with Gasteiger partial charge < -0.3 is 55.3 Å². The van der Waals surface area contributed by atoms with E-state index < -0.39 is 108 Å². The lowest BCUT2D eigenvalue weighted by Gasteiger charge is -2.30. The number of ether oxygens (including phenoxy) is 4. The lowest BCUT2D eigenvalue weighted by atomic mass is 9.97. The summed E-state index contributed by atoms with van der Waals surface area (Å²) in [7, 11) is 2.39. The molecule has 6 N–H and O–H groups in total. The summed E-state index contributed by atoms with van der Waals surface area (Å²) in [5.74, 6) is -3.86. The molecule has 0 spiro atoms. The molecule has 0 aromatic carbocycles. The van der Waals surface area contributed by atoms with E-state index in [2.05, 4.69) is 50.5 Å². The van der Waals surface area contributed by atoms with Gasteiger partial charge in [-0.2, -0.15) is 0 Å². The Balaban J connectivity index is 0.000000719. The van der Waals surface area contributed by atoms with Gasteiger partial charge in [0.15, 0.2) is 11.9 Å². The maximum atomic E-state index is 13.4. The quantitative estimate of drug-likeness (QED) is 0.0284. The lowest BCUT2D eigenvalue weighted by molar-refractivity contribution is -0.143. The van der Waals surface area contributed by atoms with Gasteiger partial charge in [-0.1, -0.05) is 32.1 Å². The van der Waals surface area contributed by atoms with Crippen molar-refractivity contribution >= 4 is 53.5 Å². The Morgan fingerprint density at radius 1 is 0.700 bits per heavy atom. The minimum atomic E-state index is -1.57. The van der Waals surface area contributed by atoms with E-state index in [1.807, 2.05) is 13.8 Å². The van der Waals surface area contributed by atoms with Crippen molar-refractivity contribution in [1.29, 1.82) is 0 Å². The van der Waals surface area contributed by atoms with Crippen molar-refractivity contribution in [2.24, 2.45) is 5.92 Å². The largest absolute Gasteiger partial charge is 0.469 e. The van der Waals surface area contributed by atoms with Crippen LogP contribution in [0.4, 0.5) is 9.59 Å². The molecule has 2 unspecified atom stereocenters. The zero-order chi connectivity index (χ0) is 53.0. The number of rotatable bonds is 28. The molecule has 0 radical (unpaired) electrons. The Kier molecular flexibility index (Phi) is 29.2. The number of nitrogens with one attached hydrogen (secondary N) is 4. The molecule has 2 aliphatic rings. The van der Waals surface area contributed by atoms with Crippen LogP contribution in [0.25, 0.3) is 0 Å². The van der Waals surface area contributed by atoms with Gasteiger partial charge in [-0.25, -0.2) is 9.59 Å². The Hall–Kier alpha value is -5.83. The summed E-state index contributed by atoms with van der Waals surface area (Å²) in [6, 6.07) is -4.27. The first-order chi connectivity index (χ1) is 33.0. The first kappa shape index (κ1) is 62.2. The van der Waals surface area contributed by atoms with Gasteiger partial charge in [0, 0.05) is 19.5 Å². The fraction of sp³-hybridized carbons (Fsp3) is 0.694. The molecule has 0 saturated carbocycles. The van der Waals surface area contributed by atoms with Gasteiger partial charge in [-0.15, -0.1) is 19.7 Å². The van der Waals surface area contributed by atoms with Crippen LogP contribution in [0.3, 0.4) is 0 Å². The standard InChI is InChI=1S/C28H45N3O8.C21H35N3O7/c1-6-8-10-13-20(25(34)23(32)15-16-24(33)38-5)29-26(35)22-14-11-17-31(22)27(36)21(12-9-7-2)30-28(37)39-18-19(3)4;1-6-7-8-10-14(17(26)19(28)22-13-16(25)30-5)23-18(27)15-11-9-12-24(15)20(29)31-21(2,3)4/h6-7,19-22,25,34H,1-2,8-18H2,3-5H3,(H,29,35)(H,30,37);6,14-15,17,26H,1,7-13H2,2-5H3,(H,22,28)(H,23,27)/t20-,21-,22-,25?;14-,15-,17?/m00/s1. The third kappa shape index (κ3) is 23.2. The molecule has 0 aromatic rings. The summed E-state index contributed by atoms with van der Waals surface area (Å²) < 4.78 is 19.5. The number of ketones is 1. The highest BCUT2D eigenvalue weighted by Gasteiger charge is 2.41. The van der Waals surface area contributed by atoms with Crippen molar-refractivity contribution in [1.82, 2.24) is 31.1 Å². The van der Waals surface area contributed by atoms with Crippen molar-refractivity contribution < 1.29 is 72.3 Å². The molecule has 2 fully saturated rings. The number of hydrogen-bond donors (Lipinski definition) is 6. The van der Waals surface area contributed by atoms with Gasteiger partial charge in [-0.3, -0.25) is 38.5 Å². The highest BCUT2D eigenvalue weighted by molar-refractivity contribution is 5.93. The lowest BCUT2D eigenvalue weighted by Crippen LogP contribution is -2.56. The monoisotopic (exact) mass is 993 g/mol. The Morgan fingerprint density at radius 2 is 1.21 bits per heavy atom. The molecule has 0 aliphatic carbocycles. The van der Waals surface area contributed by atoms with Gasteiger partial charge >= 0.3 is 24.1 Å². The second kappa shape index (κ2) is 32.9. The van der Waals surface area contributed by atoms with E-state index in [1.165, 1.54) is 24.0 Å². The highest BCUT2D eigenvalue weighted by Crippen LogP contribution is 2.23. The summed E-state index contributed by atoms with van der Waals surface area (Å²) in [5, 5.41) is 31.5. The molecule has 2 heterocycles. The van der Waals surface area contributed by atoms with Gasteiger partial charge in [-0.05, 0) is 104 Å². The van der Waals surface area contributed by atoms with Gasteiger partial charge in [0.05, 0.1) is 39.3 Å². The first-order valence-corrected chi connectivity index (χ1v) is 24.0. The van der Waals surface area contributed by atoms with Crippen molar-refractivity contribution in [3.63, 3.8) is 0 Å². The van der Waals surface area contributed by atoms with Crippen LogP contribution in [0.1, 0.15) is 125 Å². The minimum Gasteiger partial charge on any atom is -0.469 e. The molecule has 2 rings (SSSR count). The van der Waals surface area contributed by atoms with Crippen molar-refractivity contribution in [2.75, 3.05) is 40.5 Å². The molecule has 21 heteroatoms. The number of likely N-dealkylation sites (tertiary alicyclic amines) is 2. The molecule has 2 aliphatic heterocycles. The van der Waals surface area contributed by atoms with Gasteiger partial charge in [0.1, 0.15) is 36.4 Å². The third-order valence-corrected chi connectivity index (χ3v) is 11.1. The van der Waals surface area contributed by atoms with Gasteiger partial charge in [0.25, 0.3) is 5.91 Å². The Labute approximate surface area is 412 Å². The maximum Gasteiger partial charge on any atom is 0.410 e. The minimum absolute atomic E-state index is 0.131. The number of carbonyl (C=O) groups excluding carboxylic acids is 9. The number of alkyl carbamates (subject to hydrolysis) is 1. The summed E-state index contributed by atoms with van der Waals surface area (Å²) in [4.78, 5) is 115. The summed E-state index contributed by atoms with van der Waals surface area (Å²) in [6.45, 7) is 20.5. The van der Waals surface area contributed by atoms with Crippen molar-refractivity contribution in [3.8, 4) is 0 Å². The summed E-state index contributed by atoms with van der Waals surface area (Å²) >= 11 is 0. The second-order valence-electron chi connectivity index (χ2n) is 18.5. The SMILES string of the molecule is C=CCCC[C@H](NC(=O)[C@@H]1CCCN1C(=O)OC(C)(C)C)C(O)C(=O)NCC(=O)OC.C=CCCC[C@H](NC(=O)[C@@H]1CCCN1C(=O)[C@H](CCC=C)NC(=O)OCC(C)C)C(O)C(=O)CCC(=O)OC. The number of Topliss-reactive ketones (excluding diaryl/α,β-unsaturated/α-hetero) is 1. The molecule has 7 atom stereocenters. The van der Waals surface area contributed by atoms with Gasteiger partial charge in [0.2, 0.25) is 17.7 Å². The predicted molar refractivity (Wildman–Crippen MR) is 258 cm³/mol. The number of amides is 6. The highest BCUT2D eigenvalue weighted by atomic mass is 16.6. The van der Waals surface area contributed by atoms with E-state index in [9.17, 15) is 53.4 Å². The zero-order valence-corrected chi connectivity index (χ0v) is 42.3. The topological polar surface area (TPSA) is 286 Å². The van der Waals surface area contributed by atoms with E-state index in [1.54, 1.807) is 39.0 Å². The summed E-state index contributed by atoms with van der Waals surface area (Å²) in [5.41, 5.74) is -0.693. The number of unbranched alkanes of at least 4 members (excludes halogenated alkanes) is 2. The van der Waals surface area contributed by atoms with Crippen LogP contribution in [0, 0.1) is 5.92 Å². The van der Waals surface area contributed by atoms with Crippen LogP contribution in [0.2, 0.25) is 0 Å². The van der Waals surface area contributed by atoms with Crippen LogP contribution in [-0.2, 0) is 52.5 Å². The molecule has 70 heavy (non-hydrogen) atoms. The number of hydrogen-bond acceptors (Lipinski definition) is 15. The van der Waals surface area contributed by atoms with Crippen LogP contribution in [0.5, 0.6) is 0 Å². The zero-order valence-electron chi connectivity index (χ0n) is 42.3. The number of allylic oxidation sites excluding steroid dienone is 3. The average Bonchev–Trinajstić information content (AvgIpc) is 4.03. The van der Waals surface area contributed by atoms with Crippen LogP contribution < -0.4 is 21.3 Å². The van der Waals surface area contributed by atoms with Crippen LogP contribution >= 0.6 is 0 Å². The van der Waals surface area contributed by atoms with Crippen molar-refractivity contribution in [2.45, 2.75) is 173 Å². The first-order valence-electron chi connectivity index (χ1n) is 24.0. The van der Waals surface area contributed by atoms with E-state index >= 15 is 0 Å². The second-order valence-corrected chi connectivity index (χ2v) is 18.5. The molecule has 0 aromatic heterocycles. The number of nitrogens with zero attached hydrogens (tertiary/aromatic N) is 2. The van der Waals surface area contributed by atoms with Crippen LogP contribution in [-0.4, -0.2) is 162 Å². The molecular weight excluding hydrogens is 913 g/mol. The molecular formula is C49H80N6O15. The maximum absolute atomic E-state index is 13.4. The third-order valence-electron chi connectivity index (χ3n) is 11.1. The molecule has 6 amide bonds. The number of aliphatic hydroxyl groups excluding tert-OH is 2. The number of methoxy groups -OCH3 is 2. The van der Waals surface area contributed by atoms with E-state index in [4.69, 9.17) is 9.47 Å². The number of esters is 2. The number of carbonyl (C=O) groups is 9. The van der Waals surface area contributed by atoms with E-state index in [0.717, 1.165) is 0 Å². The fourth-order valence-corrected chi connectivity index (χ4v) is 7.41. The van der Waals surface area contributed by atoms with E-state index in [-0.39, 0.29) is 25.4 Å². The predicted octanol–water partition coefficient (Wildman–Crippen LogP) is 3.30. The van der Waals surface area contributed by atoms with Crippen molar-refractivity contribution in [3.05, 3.63) is 38.0 Å². The van der Waals surface area contributed by atoms with E-state index in [0.29, 0.717) is 90.1 Å². The Bertz CT molecular complexity index is 1770. The molecule has 21 nitrogen and oxygen atoms in total.